The van der Waals surface area contributed by atoms with Gasteiger partial charge < -0.3 is 14.7 Å². The van der Waals surface area contributed by atoms with E-state index in [1.54, 1.807) is 26.2 Å². The van der Waals surface area contributed by atoms with Crippen molar-refractivity contribution in [1.29, 1.82) is 0 Å². The molecule has 0 bridgehead atoms. The van der Waals surface area contributed by atoms with E-state index in [1.807, 2.05) is 6.92 Å². The third-order valence-electron chi connectivity index (χ3n) is 2.66. The van der Waals surface area contributed by atoms with Crippen LogP contribution in [-0.4, -0.2) is 42.6 Å². The maximum absolute atomic E-state index is 11.4. The standard InChI is InChI=1S/C14H19NO4/c1-10-6-7-11(14(17)18)12(9-10)19-8-4-5-13(16)15(2)3/h6-7,9H,4-5,8H2,1-3H3,(H,17,18). The molecule has 0 saturated carbocycles. The van der Waals surface area contributed by atoms with Gasteiger partial charge in [-0.2, -0.15) is 0 Å². The van der Waals surface area contributed by atoms with Gasteiger partial charge in [0.1, 0.15) is 11.3 Å². The highest BCUT2D eigenvalue weighted by Gasteiger charge is 2.11. The van der Waals surface area contributed by atoms with Crippen LogP contribution in [0.3, 0.4) is 0 Å². The number of carbonyl (C=O) groups excluding carboxylic acids is 1. The van der Waals surface area contributed by atoms with Crippen LogP contribution >= 0.6 is 0 Å². The van der Waals surface area contributed by atoms with Gasteiger partial charge in [0, 0.05) is 20.5 Å². The zero-order chi connectivity index (χ0) is 14.4. The Morgan fingerprint density at radius 1 is 1.32 bits per heavy atom. The summed E-state index contributed by atoms with van der Waals surface area (Å²) in [6.07, 6.45) is 0.950. The second-order valence-corrected chi connectivity index (χ2v) is 4.54. The second kappa shape index (κ2) is 6.78. The Bertz CT molecular complexity index is 469. The van der Waals surface area contributed by atoms with Crippen LogP contribution in [0, 0.1) is 6.92 Å². The van der Waals surface area contributed by atoms with Crippen LogP contribution in [0.1, 0.15) is 28.8 Å². The number of rotatable bonds is 6. The molecule has 104 valence electrons. The van der Waals surface area contributed by atoms with Crippen LogP contribution in [-0.2, 0) is 4.79 Å². The number of ether oxygens (including phenoxy) is 1. The predicted octanol–water partition coefficient (Wildman–Crippen LogP) is 1.94. The van der Waals surface area contributed by atoms with Crippen molar-refractivity contribution in [1.82, 2.24) is 4.90 Å². The average Bonchev–Trinajstić information content (AvgIpc) is 2.33. The third-order valence-corrected chi connectivity index (χ3v) is 2.66. The number of carboxylic acid groups (broad SMARTS) is 1. The molecule has 1 aromatic rings. The Kier molecular flexibility index (Phi) is 5.36. The van der Waals surface area contributed by atoms with E-state index >= 15 is 0 Å². The maximum Gasteiger partial charge on any atom is 0.339 e. The highest BCUT2D eigenvalue weighted by molar-refractivity contribution is 5.90. The summed E-state index contributed by atoms with van der Waals surface area (Å²) in [5.74, 6) is -0.629. The minimum absolute atomic E-state index is 0.0336. The number of aryl methyl sites for hydroxylation is 1. The highest BCUT2D eigenvalue weighted by Crippen LogP contribution is 2.20. The minimum Gasteiger partial charge on any atom is -0.493 e. The van der Waals surface area contributed by atoms with Gasteiger partial charge in [-0.25, -0.2) is 4.79 Å². The van der Waals surface area contributed by atoms with E-state index in [9.17, 15) is 9.59 Å². The van der Waals surface area contributed by atoms with Crippen molar-refractivity contribution in [2.45, 2.75) is 19.8 Å². The largest absolute Gasteiger partial charge is 0.493 e. The normalized spacial score (nSPS) is 10.1. The molecule has 5 heteroatoms. The van der Waals surface area contributed by atoms with Gasteiger partial charge in [-0.15, -0.1) is 0 Å². The van der Waals surface area contributed by atoms with E-state index in [-0.39, 0.29) is 11.5 Å². The first-order valence-electron chi connectivity index (χ1n) is 6.08. The highest BCUT2D eigenvalue weighted by atomic mass is 16.5. The maximum atomic E-state index is 11.4. The monoisotopic (exact) mass is 265 g/mol. The smallest absolute Gasteiger partial charge is 0.339 e. The van der Waals surface area contributed by atoms with Gasteiger partial charge in [0.2, 0.25) is 5.91 Å². The van der Waals surface area contributed by atoms with Crippen LogP contribution in [0.15, 0.2) is 18.2 Å². The van der Waals surface area contributed by atoms with E-state index in [4.69, 9.17) is 9.84 Å². The number of hydrogen-bond acceptors (Lipinski definition) is 3. The lowest BCUT2D eigenvalue weighted by Gasteiger charge is -2.12. The van der Waals surface area contributed by atoms with E-state index in [1.165, 1.54) is 11.0 Å². The molecule has 0 saturated heterocycles. The topological polar surface area (TPSA) is 66.8 Å². The summed E-state index contributed by atoms with van der Waals surface area (Å²) in [6.45, 7) is 2.19. The van der Waals surface area contributed by atoms with Crippen LogP contribution in [0.4, 0.5) is 0 Å². The Morgan fingerprint density at radius 2 is 2.00 bits per heavy atom. The number of nitrogens with zero attached hydrogens (tertiary/aromatic N) is 1. The lowest BCUT2D eigenvalue weighted by Crippen LogP contribution is -2.21. The zero-order valence-electron chi connectivity index (χ0n) is 11.5. The average molecular weight is 265 g/mol. The second-order valence-electron chi connectivity index (χ2n) is 4.54. The van der Waals surface area contributed by atoms with Gasteiger partial charge in [0.05, 0.1) is 6.61 Å². The van der Waals surface area contributed by atoms with Crippen molar-refractivity contribution in [2.75, 3.05) is 20.7 Å². The van der Waals surface area contributed by atoms with Gasteiger partial charge in [0.15, 0.2) is 0 Å². The first-order chi connectivity index (χ1) is 8.91. The van der Waals surface area contributed by atoms with Crippen molar-refractivity contribution >= 4 is 11.9 Å². The van der Waals surface area contributed by atoms with Gasteiger partial charge in [-0.3, -0.25) is 4.79 Å². The van der Waals surface area contributed by atoms with Crippen molar-refractivity contribution in [3.63, 3.8) is 0 Å². The lowest BCUT2D eigenvalue weighted by molar-refractivity contribution is -0.128. The SMILES string of the molecule is Cc1ccc(C(=O)O)c(OCCCC(=O)N(C)C)c1. The Labute approximate surface area is 112 Å². The third kappa shape index (κ3) is 4.62. The molecule has 0 spiro atoms. The van der Waals surface area contributed by atoms with Gasteiger partial charge in [-0.1, -0.05) is 6.07 Å². The molecule has 1 amide bonds. The number of carboxylic acids is 1. The Hall–Kier alpha value is -2.04. The molecule has 0 fully saturated rings. The van der Waals surface area contributed by atoms with Crippen LogP contribution in [0.5, 0.6) is 5.75 Å². The van der Waals surface area contributed by atoms with Crippen LogP contribution in [0.25, 0.3) is 0 Å². The molecule has 0 radical (unpaired) electrons. The van der Waals surface area contributed by atoms with E-state index in [0.717, 1.165) is 5.56 Å². The zero-order valence-corrected chi connectivity index (χ0v) is 11.5. The van der Waals surface area contributed by atoms with Crippen molar-refractivity contribution < 1.29 is 19.4 Å². The fraction of sp³-hybridized carbons (Fsp3) is 0.429. The molecule has 0 atom stereocenters. The molecule has 0 aliphatic rings. The summed E-state index contributed by atoms with van der Waals surface area (Å²) >= 11 is 0. The number of aromatic carboxylic acids is 1. The van der Waals surface area contributed by atoms with Gasteiger partial charge in [0.25, 0.3) is 0 Å². The summed E-state index contributed by atoms with van der Waals surface area (Å²) in [5.41, 5.74) is 1.08. The molecule has 1 aromatic carbocycles. The first-order valence-corrected chi connectivity index (χ1v) is 6.08. The van der Waals surface area contributed by atoms with E-state index in [0.29, 0.717) is 25.2 Å². The van der Waals surface area contributed by atoms with E-state index in [2.05, 4.69) is 0 Å². The molecule has 1 N–H and O–H groups in total. The molecule has 0 aromatic heterocycles. The fourth-order valence-corrected chi connectivity index (χ4v) is 1.55. The molecular weight excluding hydrogens is 246 g/mol. The number of amides is 1. The van der Waals surface area contributed by atoms with Crippen molar-refractivity contribution in [3.8, 4) is 5.75 Å². The van der Waals surface area contributed by atoms with Crippen molar-refractivity contribution in [2.24, 2.45) is 0 Å². The molecule has 0 unspecified atom stereocenters. The summed E-state index contributed by atoms with van der Waals surface area (Å²) < 4.78 is 5.46. The van der Waals surface area contributed by atoms with Crippen LogP contribution in [0.2, 0.25) is 0 Å². The number of benzene rings is 1. The molecule has 1 rings (SSSR count). The summed E-state index contributed by atoms with van der Waals surface area (Å²) in [5, 5.41) is 9.03. The lowest BCUT2D eigenvalue weighted by atomic mass is 10.1. The molecule has 5 nitrogen and oxygen atoms in total. The minimum atomic E-state index is -1.01. The molecule has 0 aliphatic carbocycles. The quantitative estimate of drug-likeness (QED) is 0.798. The molecule has 0 aliphatic heterocycles. The first kappa shape index (κ1) is 15.0. The number of carbonyl (C=O) groups is 2. The summed E-state index contributed by atoms with van der Waals surface area (Å²) in [6, 6.07) is 4.95. The molecule has 19 heavy (non-hydrogen) atoms. The van der Waals surface area contributed by atoms with E-state index < -0.39 is 5.97 Å². The molecular formula is C14H19NO4. The summed E-state index contributed by atoms with van der Waals surface area (Å²) in [7, 11) is 3.40. The summed E-state index contributed by atoms with van der Waals surface area (Å²) in [4.78, 5) is 23.9. The molecule has 0 heterocycles. The van der Waals surface area contributed by atoms with Crippen molar-refractivity contribution in [3.05, 3.63) is 29.3 Å². The number of hydrogen-bond donors (Lipinski definition) is 1. The van der Waals surface area contributed by atoms with Gasteiger partial charge in [-0.05, 0) is 31.0 Å². The Balaban J connectivity index is 2.55. The van der Waals surface area contributed by atoms with Gasteiger partial charge >= 0.3 is 5.97 Å². The Morgan fingerprint density at radius 3 is 2.58 bits per heavy atom. The predicted molar refractivity (Wildman–Crippen MR) is 71.6 cm³/mol. The fourth-order valence-electron chi connectivity index (χ4n) is 1.55. The van der Waals surface area contributed by atoms with Crippen LogP contribution < -0.4 is 4.74 Å².